The molecule has 0 saturated heterocycles. The predicted octanol–water partition coefficient (Wildman–Crippen LogP) is 1.79. The molecule has 5 nitrogen and oxygen atoms in total. The quantitative estimate of drug-likeness (QED) is 0.790. The Morgan fingerprint density at radius 3 is 3.00 bits per heavy atom. The van der Waals surface area contributed by atoms with Crippen molar-refractivity contribution in [2.75, 3.05) is 33.4 Å². The van der Waals surface area contributed by atoms with E-state index in [1.165, 1.54) is 0 Å². The van der Waals surface area contributed by atoms with E-state index < -0.39 is 0 Å². The van der Waals surface area contributed by atoms with Crippen molar-refractivity contribution in [1.82, 2.24) is 14.9 Å². The third-order valence-corrected chi connectivity index (χ3v) is 3.81. The molecule has 7 heteroatoms. The van der Waals surface area contributed by atoms with Crippen molar-refractivity contribution in [2.24, 2.45) is 0 Å². The van der Waals surface area contributed by atoms with E-state index in [1.54, 1.807) is 18.4 Å². The molecule has 0 atom stereocenters. The molecule has 2 aromatic rings. The van der Waals surface area contributed by atoms with Crippen LogP contribution in [-0.4, -0.2) is 53.4 Å². The fourth-order valence-electron chi connectivity index (χ4n) is 1.76. The maximum atomic E-state index is 9.06. The van der Waals surface area contributed by atoms with Gasteiger partial charge in [0.15, 0.2) is 0 Å². The van der Waals surface area contributed by atoms with Gasteiger partial charge in [0.25, 0.3) is 0 Å². The van der Waals surface area contributed by atoms with Crippen molar-refractivity contribution in [3.05, 3.63) is 22.4 Å². The van der Waals surface area contributed by atoms with Crippen LogP contribution in [0.2, 0.25) is 5.15 Å². The summed E-state index contributed by atoms with van der Waals surface area (Å²) in [6, 6.07) is 1.92. The lowest BCUT2D eigenvalue weighted by atomic mass is 10.4. The summed E-state index contributed by atoms with van der Waals surface area (Å²) >= 11 is 7.68. The zero-order valence-electron chi connectivity index (χ0n) is 10.7. The summed E-state index contributed by atoms with van der Waals surface area (Å²) in [5.41, 5.74) is 0. The number of hydrogen-bond donors (Lipinski definition) is 1. The number of aliphatic hydroxyl groups excluding tert-OH is 1. The van der Waals surface area contributed by atoms with E-state index in [0.29, 0.717) is 30.7 Å². The maximum absolute atomic E-state index is 9.06. The van der Waals surface area contributed by atoms with E-state index in [9.17, 15) is 0 Å². The van der Waals surface area contributed by atoms with Crippen molar-refractivity contribution in [2.45, 2.75) is 6.54 Å². The summed E-state index contributed by atoms with van der Waals surface area (Å²) in [6.07, 6.45) is 0. The van der Waals surface area contributed by atoms with Crippen LogP contribution in [0, 0.1) is 0 Å². The number of fused-ring (bicyclic) bond motifs is 1. The van der Waals surface area contributed by atoms with Crippen LogP contribution in [-0.2, 0) is 11.3 Å². The molecular weight excluding hydrogens is 286 g/mol. The molecule has 19 heavy (non-hydrogen) atoms. The van der Waals surface area contributed by atoms with Crippen molar-refractivity contribution in [3.8, 4) is 0 Å². The first kappa shape index (κ1) is 14.6. The zero-order chi connectivity index (χ0) is 13.7. The molecule has 0 amide bonds. The molecule has 0 saturated carbocycles. The van der Waals surface area contributed by atoms with Crippen LogP contribution < -0.4 is 0 Å². The molecular formula is C12H16ClN3O2S. The highest BCUT2D eigenvalue weighted by molar-refractivity contribution is 7.16. The number of hydrogen-bond acceptors (Lipinski definition) is 6. The van der Waals surface area contributed by atoms with Gasteiger partial charge in [-0.05, 0) is 11.4 Å². The van der Waals surface area contributed by atoms with E-state index in [4.69, 9.17) is 21.4 Å². The molecule has 104 valence electrons. The van der Waals surface area contributed by atoms with Crippen LogP contribution in [0.15, 0.2) is 11.4 Å². The molecule has 0 spiro atoms. The molecule has 0 bridgehead atoms. The van der Waals surface area contributed by atoms with Gasteiger partial charge in [-0.3, -0.25) is 4.90 Å². The largest absolute Gasteiger partial charge is 0.395 e. The van der Waals surface area contributed by atoms with E-state index in [0.717, 1.165) is 16.8 Å². The van der Waals surface area contributed by atoms with Crippen molar-refractivity contribution in [1.29, 1.82) is 0 Å². The molecule has 0 aliphatic carbocycles. The van der Waals surface area contributed by atoms with Gasteiger partial charge >= 0.3 is 0 Å². The Morgan fingerprint density at radius 2 is 2.26 bits per heavy atom. The van der Waals surface area contributed by atoms with Gasteiger partial charge < -0.3 is 9.84 Å². The van der Waals surface area contributed by atoms with Gasteiger partial charge in [0.2, 0.25) is 0 Å². The van der Waals surface area contributed by atoms with Gasteiger partial charge in [0.05, 0.1) is 19.8 Å². The fourth-order valence-corrected chi connectivity index (χ4v) is 2.85. The number of aromatic nitrogens is 2. The van der Waals surface area contributed by atoms with E-state index in [1.807, 2.05) is 16.3 Å². The van der Waals surface area contributed by atoms with Crippen LogP contribution in [0.4, 0.5) is 0 Å². The highest BCUT2D eigenvalue weighted by atomic mass is 35.5. The second-order valence-electron chi connectivity index (χ2n) is 4.06. The number of ether oxygens (including phenoxy) is 1. The Hall–Kier alpha value is -0.790. The molecule has 0 aromatic carbocycles. The lowest BCUT2D eigenvalue weighted by Gasteiger charge is -2.19. The molecule has 2 aromatic heterocycles. The number of aliphatic hydroxyl groups is 1. The molecule has 0 aliphatic heterocycles. The van der Waals surface area contributed by atoms with Crippen LogP contribution in [0.3, 0.4) is 0 Å². The standard InChI is InChI=1S/C12H16ClN3O2S/c1-18-6-4-16(3-5-17)8-10-14-11(13)9-2-7-19-12(9)15-10/h2,7,17H,3-6,8H2,1H3. The van der Waals surface area contributed by atoms with Gasteiger partial charge in [-0.15, -0.1) is 11.3 Å². The summed E-state index contributed by atoms with van der Waals surface area (Å²) < 4.78 is 5.05. The third kappa shape index (κ3) is 3.84. The fraction of sp³-hybridized carbons (Fsp3) is 0.500. The maximum Gasteiger partial charge on any atom is 0.145 e. The third-order valence-electron chi connectivity index (χ3n) is 2.72. The van der Waals surface area contributed by atoms with Crippen molar-refractivity contribution < 1.29 is 9.84 Å². The van der Waals surface area contributed by atoms with E-state index in [-0.39, 0.29) is 6.61 Å². The van der Waals surface area contributed by atoms with Gasteiger partial charge in [-0.2, -0.15) is 0 Å². The summed E-state index contributed by atoms with van der Waals surface area (Å²) in [5.74, 6) is 0.671. The lowest BCUT2D eigenvalue weighted by Crippen LogP contribution is -2.30. The molecule has 0 radical (unpaired) electrons. The minimum absolute atomic E-state index is 0.0959. The van der Waals surface area contributed by atoms with Gasteiger partial charge in [-0.25, -0.2) is 9.97 Å². The second kappa shape index (κ2) is 7.12. The lowest BCUT2D eigenvalue weighted by molar-refractivity contribution is 0.125. The Kier molecular flexibility index (Phi) is 5.47. The molecule has 0 aliphatic rings. The highest BCUT2D eigenvalue weighted by Crippen LogP contribution is 2.24. The Labute approximate surface area is 120 Å². The first-order valence-corrected chi connectivity index (χ1v) is 7.22. The monoisotopic (exact) mass is 301 g/mol. The van der Waals surface area contributed by atoms with Crippen LogP contribution >= 0.6 is 22.9 Å². The highest BCUT2D eigenvalue weighted by Gasteiger charge is 2.11. The molecule has 1 N–H and O–H groups in total. The average molecular weight is 302 g/mol. The number of nitrogens with zero attached hydrogens (tertiary/aromatic N) is 3. The van der Waals surface area contributed by atoms with E-state index >= 15 is 0 Å². The van der Waals surface area contributed by atoms with Crippen molar-refractivity contribution in [3.63, 3.8) is 0 Å². The molecule has 0 unspecified atom stereocenters. The topological polar surface area (TPSA) is 58.5 Å². The molecule has 2 heterocycles. The number of methoxy groups -OCH3 is 1. The predicted molar refractivity (Wildman–Crippen MR) is 76.7 cm³/mol. The van der Waals surface area contributed by atoms with Gasteiger partial charge in [-0.1, -0.05) is 11.6 Å². The normalized spacial score (nSPS) is 11.6. The minimum Gasteiger partial charge on any atom is -0.395 e. The molecule has 0 fully saturated rings. The van der Waals surface area contributed by atoms with Gasteiger partial charge in [0, 0.05) is 25.6 Å². The minimum atomic E-state index is 0.0959. The molecule has 2 rings (SSSR count). The van der Waals surface area contributed by atoms with Gasteiger partial charge in [0.1, 0.15) is 15.8 Å². The zero-order valence-corrected chi connectivity index (χ0v) is 12.2. The number of halogens is 1. The number of thiophene rings is 1. The number of rotatable bonds is 7. The van der Waals surface area contributed by atoms with E-state index in [2.05, 4.69) is 9.97 Å². The van der Waals surface area contributed by atoms with Crippen molar-refractivity contribution >= 4 is 33.2 Å². The Bertz CT molecular complexity index is 535. The Morgan fingerprint density at radius 1 is 1.42 bits per heavy atom. The smallest absolute Gasteiger partial charge is 0.145 e. The summed E-state index contributed by atoms with van der Waals surface area (Å²) in [4.78, 5) is 11.7. The first-order valence-electron chi connectivity index (χ1n) is 5.96. The summed E-state index contributed by atoms with van der Waals surface area (Å²) in [7, 11) is 1.65. The Balaban J connectivity index is 2.13. The van der Waals surface area contributed by atoms with Crippen LogP contribution in [0.1, 0.15) is 5.82 Å². The van der Waals surface area contributed by atoms with Crippen LogP contribution in [0.5, 0.6) is 0 Å². The SMILES string of the molecule is COCCN(CCO)Cc1nc(Cl)c2ccsc2n1. The van der Waals surface area contributed by atoms with Crippen LogP contribution in [0.25, 0.3) is 10.2 Å². The summed E-state index contributed by atoms with van der Waals surface area (Å²) in [6.45, 7) is 2.54. The first-order chi connectivity index (χ1) is 9.24. The second-order valence-corrected chi connectivity index (χ2v) is 5.32. The average Bonchev–Trinajstić information content (AvgIpc) is 2.85. The summed E-state index contributed by atoms with van der Waals surface area (Å²) in [5, 5.41) is 12.4.